The van der Waals surface area contributed by atoms with E-state index in [0.717, 1.165) is 23.0 Å². The summed E-state index contributed by atoms with van der Waals surface area (Å²) in [5.74, 6) is 0.663. The van der Waals surface area contributed by atoms with Crippen molar-refractivity contribution in [1.29, 1.82) is 0 Å². The molecule has 1 saturated heterocycles. The van der Waals surface area contributed by atoms with E-state index in [9.17, 15) is 4.79 Å². The summed E-state index contributed by atoms with van der Waals surface area (Å²) in [4.78, 5) is 19.2. The van der Waals surface area contributed by atoms with Crippen molar-refractivity contribution in [3.05, 3.63) is 76.3 Å². The lowest BCUT2D eigenvalue weighted by Gasteiger charge is -2.36. The molecule has 2 fully saturated rings. The third-order valence-electron chi connectivity index (χ3n) is 7.51. The number of nitrogens with zero attached hydrogens (tertiary/aromatic N) is 3. The highest BCUT2D eigenvalue weighted by Gasteiger charge is 2.46. The van der Waals surface area contributed by atoms with Gasteiger partial charge in [-0.15, -0.1) is 0 Å². The van der Waals surface area contributed by atoms with Crippen LogP contribution in [0.15, 0.2) is 42.6 Å². The molecule has 3 unspecified atom stereocenters. The third kappa shape index (κ3) is 3.91. The van der Waals surface area contributed by atoms with Crippen LogP contribution in [0.4, 0.5) is 10.5 Å². The van der Waals surface area contributed by atoms with Gasteiger partial charge in [0.1, 0.15) is 5.60 Å². The summed E-state index contributed by atoms with van der Waals surface area (Å²) in [6, 6.07) is 13.4. The summed E-state index contributed by atoms with van der Waals surface area (Å²) < 4.78 is 7.34. The van der Waals surface area contributed by atoms with Crippen molar-refractivity contribution in [2.75, 3.05) is 0 Å². The monoisotopic (exact) mass is 455 g/mol. The number of likely N-dealkylation sites (tertiary alicyclic amines) is 1. The molecule has 0 N–H and O–H groups in total. The van der Waals surface area contributed by atoms with Gasteiger partial charge >= 0.3 is 6.09 Å². The van der Waals surface area contributed by atoms with Gasteiger partial charge in [0.05, 0.1) is 12.1 Å². The van der Waals surface area contributed by atoms with E-state index >= 15 is 0 Å². The van der Waals surface area contributed by atoms with Gasteiger partial charge in [-0.05, 0) is 88.1 Å². The molecule has 5 rings (SSSR count). The first-order valence-electron chi connectivity index (χ1n) is 12.2. The second-order valence-corrected chi connectivity index (χ2v) is 11.0. The Balaban J connectivity index is 1.53. The molecule has 2 heterocycles. The van der Waals surface area contributed by atoms with Crippen molar-refractivity contribution >= 4 is 22.7 Å². The Labute approximate surface area is 202 Å². The molecule has 2 bridgehead atoms. The maximum Gasteiger partial charge on any atom is 0.418 e. The van der Waals surface area contributed by atoms with E-state index in [0.29, 0.717) is 23.7 Å². The lowest BCUT2D eigenvalue weighted by atomic mass is 9.91. The van der Waals surface area contributed by atoms with Gasteiger partial charge in [-0.1, -0.05) is 30.3 Å². The second-order valence-electron chi connectivity index (χ2n) is 11.0. The Kier molecular flexibility index (Phi) is 5.53. The number of carbonyl (C=O) groups is 1. The number of rotatable bonds is 3. The van der Waals surface area contributed by atoms with Gasteiger partial charge in [0, 0.05) is 30.2 Å². The number of piperidine rings is 1. The SMILES string of the molecule is [C-]#[N+]c1ccc(C2C3CCC(C3)N2Cc2c(C)cc(C)c3c2ccn3C(=O)OC(C)(C)C)cc1. The minimum absolute atomic E-state index is 0.335. The molecule has 3 atom stereocenters. The molecule has 1 saturated carbocycles. The summed E-state index contributed by atoms with van der Waals surface area (Å²) in [6.45, 7) is 18.1. The number of benzene rings is 2. The molecule has 1 aliphatic heterocycles. The van der Waals surface area contributed by atoms with Crippen LogP contribution in [-0.2, 0) is 11.3 Å². The molecule has 5 nitrogen and oxygen atoms in total. The maximum atomic E-state index is 12.9. The standard InChI is InChI=1S/C29H33N3O2/c1-18-15-19(2)26-24(13-14-31(26)28(33)34-29(3,4)5)25(18)17-32-23-12-9-21(16-23)27(32)20-7-10-22(30-6)11-8-20/h7-8,10-11,13-15,21,23,27H,9,12,16-17H2,1-5H3. The summed E-state index contributed by atoms with van der Waals surface area (Å²) in [6.07, 6.45) is 5.27. The molecule has 34 heavy (non-hydrogen) atoms. The largest absolute Gasteiger partial charge is 0.443 e. The number of hydrogen-bond donors (Lipinski definition) is 0. The van der Waals surface area contributed by atoms with E-state index in [4.69, 9.17) is 11.3 Å². The van der Waals surface area contributed by atoms with Gasteiger partial charge in [0.25, 0.3) is 0 Å². The number of aryl methyl sites for hydroxylation is 2. The maximum absolute atomic E-state index is 12.9. The third-order valence-corrected chi connectivity index (χ3v) is 7.51. The highest BCUT2D eigenvalue weighted by atomic mass is 16.6. The van der Waals surface area contributed by atoms with Crippen LogP contribution in [0.3, 0.4) is 0 Å². The first-order chi connectivity index (χ1) is 16.2. The van der Waals surface area contributed by atoms with Gasteiger partial charge < -0.3 is 4.74 Å². The Hall–Kier alpha value is -3.10. The van der Waals surface area contributed by atoms with Crippen LogP contribution >= 0.6 is 0 Å². The fraction of sp³-hybridized carbons (Fsp3) is 0.448. The van der Waals surface area contributed by atoms with Crippen molar-refractivity contribution in [2.45, 2.75) is 78.1 Å². The number of carbonyl (C=O) groups excluding carboxylic acids is 1. The van der Waals surface area contributed by atoms with Crippen LogP contribution in [0.1, 0.15) is 68.3 Å². The smallest absolute Gasteiger partial charge is 0.418 e. The zero-order chi connectivity index (χ0) is 24.2. The minimum Gasteiger partial charge on any atom is -0.443 e. The molecule has 1 aliphatic carbocycles. The minimum atomic E-state index is -0.542. The average Bonchev–Trinajstić information content (AvgIpc) is 3.50. The van der Waals surface area contributed by atoms with Crippen LogP contribution in [-0.4, -0.2) is 27.2 Å². The predicted molar refractivity (Wildman–Crippen MR) is 135 cm³/mol. The van der Waals surface area contributed by atoms with E-state index in [1.165, 1.54) is 36.0 Å². The molecular formula is C29H33N3O2. The van der Waals surface area contributed by atoms with Crippen LogP contribution in [0.5, 0.6) is 0 Å². The molecule has 3 aromatic rings. The van der Waals surface area contributed by atoms with E-state index in [-0.39, 0.29) is 6.09 Å². The molecule has 2 aromatic carbocycles. The van der Waals surface area contributed by atoms with E-state index in [1.807, 2.05) is 39.1 Å². The number of hydrogen-bond acceptors (Lipinski definition) is 3. The van der Waals surface area contributed by atoms with E-state index < -0.39 is 5.60 Å². The molecule has 5 heteroatoms. The Morgan fingerprint density at radius 1 is 1.12 bits per heavy atom. The fourth-order valence-corrected chi connectivity index (χ4v) is 6.14. The highest BCUT2D eigenvalue weighted by Crippen LogP contribution is 2.51. The predicted octanol–water partition coefficient (Wildman–Crippen LogP) is 7.32. The fourth-order valence-electron chi connectivity index (χ4n) is 6.14. The van der Waals surface area contributed by atoms with E-state index in [2.05, 4.69) is 47.9 Å². The van der Waals surface area contributed by atoms with Gasteiger partial charge in [-0.2, -0.15) is 0 Å². The molecule has 0 radical (unpaired) electrons. The first kappa shape index (κ1) is 22.7. The van der Waals surface area contributed by atoms with Crippen LogP contribution in [0, 0.1) is 26.3 Å². The molecule has 2 aliphatic rings. The van der Waals surface area contributed by atoms with Gasteiger partial charge in [0.15, 0.2) is 5.69 Å². The molecule has 1 aromatic heterocycles. The summed E-state index contributed by atoms with van der Waals surface area (Å²) >= 11 is 0. The second kappa shape index (κ2) is 8.29. The molecule has 176 valence electrons. The lowest BCUT2D eigenvalue weighted by molar-refractivity contribution is 0.0544. The van der Waals surface area contributed by atoms with Crippen molar-refractivity contribution in [3.63, 3.8) is 0 Å². The highest BCUT2D eigenvalue weighted by molar-refractivity contribution is 5.94. The number of fused-ring (bicyclic) bond motifs is 3. The van der Waals surface area contributed by atoms with Gasteiger partial charge in [0.2, 0.25) is 0 Å². The molecular weight excluding hydrogens is 422 g/mol. The zero-order valence-electron chi connectivity index (χ0n) is 20.8. The van der Waals surface area contributed by atoms with Crippen LogP contribution in [0.25, 0.3) is 15.7 Å². The van der Waals surface area contributed by atoms with Crippen molar-refractivity contribution in [3.8, 4) is 0 Å². The number of aromatic nitrogens is 1. The van der Waals surface area contributed by atoms with Crippen LogP contribution in [0.2, 0.25) is 0 Å². The van der Waals surface area contributed by atoms with Gasteiger partial charge in [-0.25, -0.2) is 9.64 Å². The normalized spacial score (nSPS) is 22.3. The first-order valence-corrected chi connectivity index (χ1v) is 12.2. The topological polar surface area (TPSA) is 38.8 Å². The molecule has 0 amide bonds. The van der Waals surface area contributed by atoms with Crippen molar-refractivity contribution in [1.82, 2.24) is 9.47 Å². The van der Waals surface area contributed by atoms with Crippen LogP contribution < -0.4 is 0 Å². The quantitative estimate of drug-likeness (QED) is 0.388. The summed E-state index contributed by atoms with van der Waals surface area (Å²) in [7, 11) is 0. The van der Waals surface area contributed by atoms with Crippen molar-refractivity contribution < 1.29 is 9.53 Å². The average molecular weight is 456 g/mol. The molecule has 0 spiro atoms. The summed E-state index contributed by atoms with van der Waals surface area (Å²) in [5.41, 5.74) is 6.04. The Bertz CT molecular complexity index is 1290. The van der Waals surface area contributed by atoms with E-state index in [1.54, 1.807) is 4.57 Å². The van der Waals surface area contributed by atoms with Crippen molar-refractivity contribution in [2.24, 2.45) is 5.92 Å². The lowest BCUT2D eigenvalue weighted by Crippen LogP contribution is -2.35. The summed E-state index contributed by atoms with van der Waals surface area (Å²) in [5, 5.41) is 1.13. The number of ether oxygens (including phenoxy) is 1. The Morgan fingerprint density at radius 2 is 1.85 bits per heavy atom. The van der Waals surface area contributed by atoms with Gasteiger partial charge in [-0.3, -0.25) is 9.47 Å². The Morgan fingerprint density at radius 3 is 2.53 bits per heavy atom. The zero-order valence-corrected chi connectivity index (χ0v) is 20.8.